The van der Waals surface area contributed by atoms with E-state index < -0.39 is 5.97 Å². The van der Waals surface area contributed by atoms with Gasteiger partial charge in [0.05, 0.1) is 23.8 Å². The maximum absolute atomic E-state index is 11.5. The van der Waals surface area contributed by atoms with E-state index in [1.165, 1.54) is 6.26 Å². The Morgan fingerprint density at radius 3 is 2.94 bits per heavy atom. The summed E-state index contributed by atoms with van der Waals surface area (Å²) < 4.78 is 5.05. The molecule has 0 radical (unpaired) electrons. The molecule has 0 aliphatic heterocycles. The maximum atomic E-state index is 11.5. The molecular weight excluding hydrogens is 230 g/mol. The molecule has 1 aromatic heterocycles. The fourth-order valence-corrected chi connectivity index (χ4v) is 1.63. The van der Waals surface area contributed by atoms with Gasteiger partial charge in [0.1, 0.15) is 5.76 Å². The number of amides is 1. The average molecular weight is 243 g/mol. The molecule has 0 bridgehead atoms. The molecule has 0 spiro atoms. The third kappa shape index (κ3) is 4.39. The van der Waals surface area contributed by atoms with Crippen LogP contribution in [0.4, 0.5) is 0 Å². The lowest BCUT2D eigenvalue weighted by molar-refractivity contribution is -0.133. The first kappa shape index (κ1) is 12.6. The second-order valence-corrected chi connectivity index (χ2v) is 4.47. The van der Waals surface area contributed by atoms with Gasteiger partial charge in [-0.2, -0.15) is 0 Å². The molecule has 0 saturated carbocycles. The molecule has 2 N–H and O–H groups in total. The summed E-state index contributed by atoms with van der Waals surface area (Å²) in [5.74, 6) is -0.517. The normalized spacial score (nSPS) is 12.1. The van der Waals surface area contributed by atoms with Crippen LogP contribution < -0.4 is 5.32 Å². The Bertz CT molecular complexity index is 350. The second kappa shape index (κ2) is 6.22. The van der Waals surface area contributed by atoms with Crippen molar-refractivity contribution in [1.82, 2.24) is 5.32 Å². The summed E-state index contributed by atoms with van der Waals surface area (Å²) in [5.41, 5.74) is 0. The fraction of sp³-hybridized carbons (Fsp3) is 0.400. The SMILES string of the molecule is CC(SCC(=O)O)C(=O)NCc1ccco1. The third-order valence-corrected chi connectivity index (χ3v) is 2.97. The van der Waals surface area contributed by atoms with Gasteiger partial charge in [0.15, 0.2) is 0 Å². The van der Waals surface area contributed by atoms with Crippen molar-refractivity contribution in [2.24, 2.45) is 0 Å². The van der Waals surface area contributed by atoms with Crippen LogP contribution >= 0.6 is 11.8 Å². The number of carboxylic acid groups (broad SMARTS) is 1. The van der Waals surface area contributed by atoms with Gasteiger partial charge in [-0.05, 0) is 19.1 Å². The minimum atomic E-state index is -0.921. The van der Waals surface area contributed by atoms with Gasteiger partial charge in [-0.15, -0.1) is 11.8 Å². The lowest BCUT2D eigenvalue weighted by Crippen LogP contribution is -2.30. The molecule has 0 saturated heterocycles. The molecule has 6 heteroatoms. The Hall–Kier alpha value is -1.43. The first-order valence-electron chi connectivity index (χ1n) is 4.73. The molecule has 1 heterocycles. The topological polar surface area (TPSA) is 79.5 Å². The number of thioether (sulfide) groups is 1. The molecule has 1 amide bonds. The van der Waals surface area contributed by atoms with Gasteiger partial charge in [-0.3, -0.25) is 9.59 Å². The highest BCUT2D eigenvalue weighted by atomic mass is 32.2. The Labute approximate surface area is 97.2 Å². The van der Waals surface area contributed by atoms with Crippen LogP contribution in [0.5, 0.6) is 0 Å². The average Bonchev–Trinajstić information content (AvgIpc) is 2.75. The summed E-state index contributed by atoms with van der Waals surface area (Å²) >= 11 is 1.09. The lowest BCUT2D eigenvalue weighted by Gasteiger charge is -2.09. The molecule has 5 nitrogen and oxygen atoms in total. The number of carboxylic acids is 1. The number of rotatable bonds is 6. The molecule has 0 aliphatic carbocycles. The van der Waals surface area contributed by atoms with Crippen LogP contribution in [0.15, 0.2) is 22.8 Å². The minimum absolute atomic E-state index is 0.0741. The van der Waals surface area contributed by atoms with E-state index in [9.17, 15) is 9.59 Å². The second-order valence-electron chi connectivity index (χ2n) is 3.14. The molecule has 1 aromatic rings. The largest absolute Gasteiger partial charge is 0.481 e. The highest BCUT2D eigenvalue weighted by molar-refractivity contribution is 8.01. The van der Waals surface area contributed by atoms with Crippen molar-refractivity contribution in [3.63, 3.8) is 0 Å². The van der Waals surface area contributed by atoms with E-state index in [1.807, 2.05) is 0 Å². The third-order valence-electron chi connectivity index (χ3n) is 1.84. The van der Waals surface area contributed by atoms with Gasteiger partial charge in [0, 0.05) is 0 Å². The molecular formula is C10H13NO4S. The van der Waals surface area contributed by atoms with Crippen molar-refractivity contribution in [2.75, 3.05) is 5.75 Å². The number of furan rings is 1. The Balaban J connectivity index is 2.26. The summed E-state index contributed by atoms with van der Waals surface area (Å²) in [7, 11) is 0. The molecule has 1 rings (SSSR count). The van der Waals surface area contributed by atoms with Crippen LogP contribution in [0.3, 0.4) is 0 Å². The van der Waals surface area contributed by atoms with Gasteiger partial charge in [0.2, 0.25) is 5.91 Å². The van der Waals surface area contributed by atoms with Gasteiger partial charge in [-0.25, -0.2) is 0 Å². The van der Waals surface area contributed by atoms with Gasteiger partial charge >= 0.3 is 5.97 Å². The smallest absolute Gasteiger partial charge is 0.313 e. The monoisotopic (exact) mass is 243 g/mol. The van der Waals surface area contributed by atoms with Crippen LogP contribution in [0.2, 0.25) is 0 Å². The van der Waals surface area contributed by atoms with E-state index in [-0.39, 0.29) is 16.9 Å². The van der Waals surface area contributed by atoms with Crippen molar-refractivity contribution < 1.29 is 19.1 Å². The van der Waals surface area contributed by atoms with E-state index in [4.69, 9.17) is 9.52 Å². The Kier molecular flexibility index (Phi) is 4.91. The first-order valence-corrected chi connectivity index (χ1v) is 5.78. The van der Waals surface area contributed by atoms with Crippen LogP contribution in [-0.4, -0.2) is 28.0 Å². The molecule has 88 valence electrons. The Morgan fingerprint density at radius 1 is 1.62 bits per heavy atom. The highest BCUT2D eigenvalue weighted by Crippen LogP contribution is 2.10. The number of hydrogen-bond acceptors (Lipinski definition) is 4. The van der Waals surface area contributed by atoms with Crippen molar-refractivity contribution in [1.29, 1.82) is 0 Å². The number of hydrogen-bond donors (Lipinski definition) is 2. The van der Waals surface area contributed by atoms with Crippen molar-refractivity contribution >= 4 is 23.6 Å². The molecule has 16 heavy (non-hydrogen) atoms. The predicted molar refractivity (Wildman–Crippen MR) is 60.1 cm³/mol. The molecule has 1 unspecified atom stereocenters. The van der Waals surface area contributed by atoms with E-state index >= 15 is 0 Å². The van der Waals surface area contributed by atoms with Gasteiger partial charge in [-0.1, -0.05) is 0 Å². The number of nitrogens with one attached hydrogen (secondary N) is 1. The number of carbonyl (C=O) groups is 2. The van der Waals surface area contributed by atoms with Gasteiger partial charge < -0.3 is 14.8 Å². The maximum Gasteiger partial charge on any atom is 0.313 e. The number of aliphatic carboxylic acids is 1. The molecule has 0 fully saturated rings. The Morgan fingerprint density at radius 2 is 2.38 bits per heavy atom. The zero-order valence-corrected chi connectivity index (χ0v) is 9.62. The van der Waals surface area contributed by atoms with E-state index in [2.05, 4.69) is 5.32 Å². The molecule has 1 atom stereocenters. The lowest BCUT2D eigenvalue weighted by atomic mass is 10.4. The molecule has 0 aromatic carbocycles. The van der Waals surface area contributed by atoms with Crippen molar-refractivity contribution in [2.45, 2.75) is 18.7 Å². The standard InChI is InChI=1S/C10H13NO4S/c1-7(16-6-9(12)13)10(14)11-5-8-3-2-4-15-8/h2-4,7H,5-6H2,1H3,(H,11,14)(H,12,13). The minimum Gasteiger partial charge on any atom is -0.481 e. The summed E-state index contributed by atoms with van der Waals surface area (Å²) in [6, 6.07) is 3.50. The summed E-state index contributed by atoms with van der Waals surface area (Å²) in [5, 5.41) is 10.7. The quantitative estimate of drug-likeness (QED) is 0.782. The van der Waals surface area contributed by atoms with Crippen LogP contribution in [0.25, 0.3) is 0 Å². The van der Waals surface area contributed by atoms with Crippen LogP contribution in [-0.2, 0) is 16.1 Å². The van der Waals surface area contributed by atoms with Crippen molar-refractivity contribution in [3.05, 3.63) is 24.2 Å². The molecule has 0 aliphatic rings. The zero-order chi connectivity index (χ0) is 12.0. The fourth-order valence-electron chi connectivity index (χ4n) is 1.00. The van der Waals surface area contributed by atoms with E-state index in [1.54, 1.807) is 19.1 Å². The van der Waals surface area contributed by atoms with E-state index in [0.29, 0.717) is 12.3 Å². The summed E-state index contributed by atoms with van der Waals surface area (Å²) in [6.45, 7) is 1.99. The number of carbonyl (C=O) groups excluding carboxylic acids is 1. The zero-order valence-electron chi connectivity index (χ0n) is 8.80. The van der Waals surface area contributed by atoms with Gasteiger partial charge in [0.25, 0.3) is 0 Å². The first-order chi connectivity index (χ1) is 7.59. The van der Waals surface area contributed by atoms with Crippen LogP contribution in [0.1, 0.15) is 12.7 Å². The summed E-state index contributed by atoms with van der Waals surface area (Å²) in [4.78, 5) is 21.8. The highest BCUT2D eigenvalue weighted by Gasteiger charge is 2.14. The summed E-state index contributed by atoms with van der Waals surface area (Å²) in [6.07, 6.45) is 1.53. The van der Waals surface area contributed by atoms with Crippen LogP contribution in [0, 0.1) is 0 Å². The van der Waals surface area contributed by atoms with E-state index in [0.717, 1.165) is 11.8 Å². The predicted octanol–water partition coefficient (Wildman–Crippen LogP) is 1.10. The van der Waals surface area contributed by atoms with Crippen molar-refractivity contribution in [3.8, 4) is 0 Å².